The molecule has 0 saturated carbocycles. The van der Waals surface area contributed by atoms with Crippen LogP contribution >= 0.6 is 0 Å². The van der Waals surface area contributed by atoms with E-state index in [-0.39, 0.29) is 0 Å². The highest BCUT2D eigenvalue weighted by Crippen LogP contribution is 2.17. The molecular formula is C11H15NO2S. The molecule has 1 aromatic rings. The minimum atomic E-state index is -3.12. The number of nitrogens with two attached hydrogens (primary N) is 1. The van der Waals surface area contributed by atoms with Crippen LogP contribution in [-0.2, 0) is 9.84 Å². The maximum atomic E-state index is 11.3. The van der Waals surface area contributed by atoms with E-state index in [9.17, 15) is 8.42 Å². The van der Waals surface area contributed by atoms with Crippen LogP contribution in [0.1, 0.15) is 11.1 Å². The van der Waals surface area contributed by atoms with Gasteiger partial charge < -0.3 is 5.73 Å². The maximum Gasteiger partial charge on any atom is 0.175 e. The van der Waals surface area contributed by atoms with Crippen LogP contribution in [0.2, 0.25) is 0 Å². The van der Waals surface area contributed by atoms with Crippen LogP contribution in [0.15, 0.2) is 29.2 Å². The van der Waals surface area contributed by atoms with Crippen molar-refractivity contribution in [2.75, 3.05) is 12.8 Å². The van der Waals surface area contributed by atoms with E-state index < -0.39 is 9.84 Å². The van der Waals surface area contributed by atoms with Crippen LogP contribution in [0, 0.1) is 6.92 Å². The maximum absolute atomic E-state index is 11.3. The van der Waals surface area contributed by atoms with Gasteiger partial charge in [0.15, 0.2) is 9.84 Å². The molecule has 0 aliphatic heterocycles. The van der Waals surface area contributed by atoms with Gasteiger partial charge in [-0.2, -0.15) is 0 Å². The second kappa shape index (κ2) is 4.59. The van der Waals surface area contributed by atoms with E-state index in [2.05, 4.69) is 0 Å². The van der Waals surface area contributed by atoms with Gasteiger partial charge in [0, 0.05) is 12.8 Å². The number of aryl methyl sites for hydroxylation is 1. The van der Waals surface area contributed by atoms with E-state index in [1.807, 2.05) is 18.2 Å². The van der Waals surface area contributed by atoms with Gasteiger partial charge in [0.25, 0.3) is 0 Å². The smallest absolute Gasteiger partial charge is 0.175 e. The molecule has 0 heterocycles. The van der Waals surface area contributed by atoms with Crippen LogP contribution in [0.25, 0.3) is 6.08 Å². The molecule has 0 radical (unpaired) electrons. The fourth-order valence-electron chi connectivity index (χ4n) is 1.40. The summed E-state index contributed by atoms with van der Waals surface area (Å²) in [6, 6.07) is 5.24. The zero-order valence-electron chi connectivity index (χ0n) is 8.90. The van der Waals surface area contributed by atoms with Crippen molar-refractivity contribution in [2.45, 2.75) is 11.8 Å². The lowest BCUT2D eigenvalue weighted by Crippen LogP contribution is -2.00. The number of benzene rings is 1. The summed E-state index contributed by atoms with van der Waals surface area (Å²) in [5.74, 6) is 0. The number of hydrogen-bond acceptors (Lipinski definition) is 3. The van der Waals surface area contributed by atoms with E-state index in [1.54, 1.807) is 19.1 Å². The molecule has 15 heavy (non-hydrogen) atoms. The Balaban J connectivity index is 3.15. The Morgan fingerprint density at radius 3 is 2.53 bits per heavy atom. The first-order chi connectivity index (χ1) is 6.95. The summed E-state index contributed by atoms with van der Waals surface area (Å²) in [7, 11) is -3.12. The minimum absolute atomic E-state index is 0.382. The predicted octanol–water partition coefficient (Wildman–Crippen LogP) is 1.37. The molecule has 0 aliphatic carbocycles. The Bertz CT molecular complexity index is 475. The topological polar surface area (TPSA) is 60.2 Å². The Labute approximate surface area is 90.5 Å². The first-order valence-corrected chi connectivity index (χ1v) is 6.51. The molecule has 0 aromatic heterocycles. The first kappa shape index (κ1) is 11.9. The second-order valence-electron chi connectivity index (χ2n) is 3.44. The van der Waals surface area contributed by atoms with Crippen molar-refractivity contribution < 1.29 is 8.42 Å². The second-order valence-corrected chi connectivity index (χ2v) is 5.42. The molecular weight excluding hydrogens is 210 g/mol. The zero-order valence-corrected chi connectivity index (χ0v) is 9.71. The number of rotatable bonds is 3. The molecule has 0 aliphatic rings. The van der Waals surface area contributed by atoms with E-state index in [4.69, 9.17) is 5.73 Å². The molecule has 1 rings (SSSR count). The van der Waals surface area contributed by atoms with Crippen LogP contribution in [0.5, 0.6) is 0 Å². The molecule has 4 heteroatoms. The van der Waals surface area contributed by atoms with Gasteiger partial charge in [-0.1, -0.05) is 24.3 Å². The van der Waals surface area contributed by atoms with Crippen LogP contribution in [0.4, 0.5) is 0 Å². The Kier molecular flexibility index (Phi) is 3.66. The van der Waals surface area contributed by atoms with Gasteiger partial charge in [-0.15, -0.1) is 0 Å². The summed E-state index contributed by atoms with van der Waals surface area (Å²) >= 11 is 0. The van der Waals surface area contributed by atoms with Crippen molar-refractivity contribution in [1.29, 1.82) is 0 Å². The van der Waals surface area contributed by atoms with Crippen LogP contribution in [0.3, 0.4) is 0 Å². The molecule has 0 unspecified atom stereocenters. The standard InChI is InChI=1S/C11H15NO2S/c1-9-8-10(4-3-7-12)5-6-11(9)15(2,13)14/h3-6,8H,7,12H2,1-2H3/b4-3+. The van der Waals surface area contributed by atoms with E-state index >= 15 is 0 Å². The van der Waals surface area contributed by atoms with Gasteiger partial charge in [-0.05, 0) is 24.1 Å². The lowest BCUT2D eigenvalue weighted by Gasteiger charge is -2.04. The van der Waals surface area contributed by atoms with Crippen LogP contribution in [-0.4, -0.2) is 21.2 Å². The fraction of sp³-hybridized carbons (Fsp3) is 0.273. The Morgan fingerprint density at radius 1 is 1.40 bits per heavy atom. The highest BCUT2D eigenvalue weighted by molar-refractivity contribution is 7.90. The van der Waals surface area contributed by atoms with Gasteiger partial charge in [0.2, 0.25) is 0 Å². The summed E-state index contributed by atoms with van der Waals surface area (Å²) in [5, 5.41) is 0. The normalized spacial score (nSPS) is 12.2. The lowest BCUT2D eigenvalue weighted by atomic mass is 10.1. The lowest BCUT2D eigenvalue weighted by molar-refractivity contribution is 0.601. The van der Waals surface area contributed by atoms with Crippen LogP contribution < -0.4 is 5.73 Å². The molecule has 0 amide bonds. The SMILES string of the molecule is Cc1cc(/C=C/CN)ccc1S(C)(=O)=O. The summed E-state index contributed by atoms with van der Waals surface area (Å²) in [4.78, 5) is 0.382. The molecule has 1 aromatic carbocycles. The van der Waals surface area contributed by atoms with Crippen molar-refractivity contribution in [3.8, 4) is 0 Å². The average molecular weight is 225 g/mol. The summed E-state index contributed by atoms with van der Waals surface area (Å²) < 4.78 is 22.7. The van der Waals surface area contributed by atoms with Crippen molar-refractivity contribution in [2.24, 2.45) is 5.73 Å². The highest BCUT2D eigenvalue weighted by atomic mass is 32.2. The van der Waals surface area contributed by atoms with Gasteiger partial charge in [0.1, 0.15) is 0 Å². The molecule has 0 fully saturated rings. The highest BCUT2D eigenvalue weighted by Gasteiger charge is 2.09. The molecule has 0 atom stereocenters. The largest absolute Gasteiger partial charge is 0.327 e. The molecule has 0 bridgehead atoms. The third-order valence-electron chi connectivity index (χ3n) is 2.04. The first-order valence-electron chi connectivity index (χ1n) is 4.62. The van der Waals surface area contributed by atoms with E-state index in [1.165, 1.54) is 6.26 Å². The fourth-order valence-corrected chi connectivity index (χ4v) is 2.36. The predicted molar refractivity (Wildman–Crippen MR) is 62.4 cm³/mol. The monoisotopic (exact) mass is 225 g/mol. The Hall–Kier alpha value is -1.13. The molecule has 0 saturated heterocycles. The Morgan fingerprint density at radius 2 is 2.07 bits per heavy atom. The van der Waals surface area contributed by atoms with Gasteiger partial charge >= 0.3 is 0 Å². The van der Waals surface area contributed by atoms with Gasteiger partial charge in [0.05, 0.1) is 4.90 Å². The number of hydrogen-bond donors (Lipinski definition) is 1. The minimum Gasteiger partial charge on any atom is -0.327 e. The van der Waals surface area contributed by atoms with E-state index in [0.29, 0.717) is 11.4 Å². The van der Waals surface area contributed by atoms with Crippen molar-refractivity contribution in [3.05, 3.63) is 35.4 Å². The third-order valence-corrected chi connectivity index (χ3v) is 3.30. The van der Waals surface area contributed by atoms with Crippen molar-refractivity contribution >= 4 is 15.9 Å². The molecule has 2 N–H and O–H groups in total. The average Bonchev–Trinajstić information content (AvgIpc) is 2.12. The summed E-state index contributed by atoms with van der Waals surface area (Å²) in [5.41, 5.74) is 7.05. The summed E-state index contributed by atoms with van der Waals surface area (Å²) in [6.07, 6.45) is 4.92. The number of sulfone groups is 1. The zero-order chi connectivity index (χ0) is 11.5. The molecule has 0 spiro atoms. The third kappa shape index (κ3) is 3.18. The van der Waals surface area contributed by atoms with Crippen molar-refractivity contribution in [1.82, 2.24) is 0 Å². The summed E-state index contributed by atoms with van der Waals surface area (Å²) in [6.45, 7) is 2.27. The van der Waals surface area contributed by atoms with Gasteiger partial charge in [-0.25, -0.2) is 8.42 Å². The quantitative estimate of drug-likeness (QED) is 0.845. The molecule has 3 nitrogen and oxygen atoms in total. The van der Waals surface area contributed by atoms with E-state index in [0.717, 1.165) is 11.1 Å². The molecule has 82 valence electrons. The van der Waals surface area contributed by atoms with Gasteiger partial charge in [-0.3, -0.25) is 0 Å². The van der Waals surface area contributed by atoms with Crippen molar-refractivity contribution in [3.63, 3.8) is 0 Å².